The minimum atomic E-state index is -3.78. The summed E-state index contributed by atoms with van der Waals surface area (Å²) in [6, 6.07) is 12.9. The van der Waals surface area contributed by atoms with Gasteiger partial charge in [0.2, 0.25) is 10.0 Å². The topological polar surface area (TPSA) is 91.3 Å². The van der Waals surface area contributed by atoms with E-state index in [0.717, 1.165) is 21.1 Å². The van der Waals surface area contributed by atoms with Crippen LogP contribution in [0.25, 0.3) is 21.0 Å². The molecule has 3 N–H and O–H groups in total. The number of hydrogen-bond acceptors (Lipinski definition) is 6. The largest absolute Gasteiger partial charge is 0.392 e. The van der Waals surface area contributed by atoms with Crippen molar-refractivity contribution in [1.29, 1.82) is 0 Å². The molecule has 1 aromatic heterocycles. The molecule has 154 valence electrons. The molecule has 1 heterocycles. The van der Waals surface area contributed by atoms with Crippen LogP contribution >= 0.6 is 11.3 Å². The van der Waals surface area contributed by atoms with Gasteiger partial charge in [0.1, 0.15) is 5.01 Å². The van der Waals surface area contributed by atoms with Gasteiger partial charge in [-0.3, -0.25) is 0 Å². The Morgan fingerprint density at radius 3 is 2.38 bits per heavy atom. The zero-order chi connectivity index (χ0) is 21.2. The normalized spacial score (nSPS) is 12.2. The fraction of sp³-hybridized carbons (Fsp3) is 0.286. The van der Waals surface area contributed by atoms with Crippen molar-refractivity contribution >= 4 is 27.0 Å². The van der Waals surface area contributed by atoms with E-state index in [9.17, 15) is 13.5 Å². The Bertz CT molecular complexity index is 1100. The molecule has 0 spiro atoms. The predicted octanol–water partition coefficient (Wildman–Crippen LogP) is 4.09. The Hall–Kier alpha value is -2.26. The van der Waals surface area contributed by atoms with Crippen LogP contribution < -0.4 is 10.0 Å². The van der Waals surface area contributed by atoms with E-state index in [1.54, 1.807) is 39.1 Å². The van der Waals surface area contributed by atoms with E-state index in [2.05, 4.69) is 15.0 Å². The number of hydrogen-bond donors (Lipinski definition) is 3. The van der Waals surface area contributed by atoms with Gasteiger partial charge in [-0.2, -0.15) is 0 Å². The Morgan fingerprint density at radius 1 is 1.10 bits per heavy atom. The van der Waals surface area contributed by atoms with Gasteiger partial charge in [-0.1, -0.05) is 12.1 Å². The average molecular weight is 432 g/mol. The molecular weight excluding hydrogens is 406 g/mol. The summed E-state index contributed by atoms with van der Waals surface area (Å²) in [5.41, 5.74) is 2.44. The first-order chi connectivity index (χ1) is 13.6. The van der Waals surface area contributed by atoms with Crippen molar-refractivity contribution in [2.45, 2.75) is 37.8 Å². The van der Waals surface area contributed by atoms with Crippen LogP contribution in [0.1, 0.15) is 26.3 Å². The van der Waals surface area contributed by atoms with Gasteiger partial charge in [0.25, 0.3) is 0 Å². The highest BCUT2D eigenvalue weighted by molar-refractivity contribution is 7.89. The zero-order valence-corrected chi connectivity index (χ0v) is 18.5. The molecule has 29 heavy (non-hydrogen) atoms. The van der Waals surface area contributed by atoms with Crippen LogP contribution in [0.15, 0.2) is 53.6 Å². The summed E-state index contributed by atoms with van der Waals surface area (Å²) in [5.74, 6) is 0. The number of rotatable bonds is 6. The average Bonchev–Trinajstić information content (AvgIpc) is 3.15. The predicted molar refractivity (Wildman–Crippen MR) is 119 cm³/mol. The van der Waals surface area contributed by atoms with Gasteiger partial charge in [-0.15, -0.1) is 11.3 Å². The molecule has 0 bridgehead atoms. The fourth-order valence-corrected chi connectivity index (χ4v) is 5.58. The smallest absolute Gasteiger partial charge is 0.241 e. The van der Waals surface area contributed by atoms with Crippen molar-refractivity contribution in [1.82, 2.24) is 9.71 Å². The second-order valence-corrected chi connectivity index (χ2v) is 10.4. The van der Waals surface area contributed by atoms with E-state index < -0.39 is 15.6 Å². The van der Waals surface area contributed by atoms with Gasteiger partial charge in [0.05, 0.1) is 16.4 Å². The maximum Gasteiger partial charge on any atom is 0.241 e. The fourth-order valence-electron chi connectivity index (χ4n) is 2.86. The van der Waals surface area contributed by atoms with Crippen LogP contribution in [0.3, 0.4) is 0 Å². The van der Waals surface area contributed by atoms with Crippen LogP contribution in [0.5, 0.6) is 0 Å². The number of anilines is 1. The summed E-state index contributed by atoms with van der Waals surface area (Å²) in [6.07, 6.45) is 1.69. The number of thiazole rings is 1. The van der Waals surface area contributed by atoms with Gasteiger partial charge >= 0.3 is 0 Å². The van der Waals surface area contributed by atoms with E-state index in [1.807, 2.05) is 31.3 Å². The SMILES string of the molecule is CNc1ccc(-c2ncc(-c3ccc(CO)cc3S(=O)(=O)NC(C)(C)C)s2)cc1. The van der Waals surface area contributed by atoms with E-state index in [0.29, 0.717) is 11.1 Å². The lowest BCUT2D eigenvalue weighted by atomic mass is 10.1. The molecule has 0 fully saturated rings. The molecule has 2 aromatic carbocycles. The molecule has 6 nitrogen and oxygen atoms in total. The molecule has 3 rings (SSSR count). The van der Waals surface area contributed by atoms with E-state index >= 15 is 0 Å². The van der Waals surface area contributed by atoms with Crippen LogP contribution in [0.4, 0.5) is 5.69 Å². The summed E-state index contributed by atoms with van der Waals surface area (Å²) in [7, 11) is -1.92. The second-order valence-electron chi connectivity index (χ2n) is 7.70. The van der Waals surface area contributed by atoms with Crippen LogP contribution in [-0.2, 0) is 16.6 Å². The summed E-state index contributed by atoms with van der Waals surface area (Å²) < 4.78 is 28.8. The first kappa shape index (κ1) is 21.4. The molecular formula is C21H25N3O3S2. The summed E-state index contributed by atoms with van der Waals surface area (Å²) in [4.78, 5) is 5.38. The molecule has 0 saturated carbocycles. The number of nitrogens with zero attached hydrogens (tertiary/aromatic N) is 1. The molecule has 3 aromatic rings. The quantitative estimate of drug-likeness (QED) is 0.547. The Labute approximate surface area is 175 Å². The lowest BCUT2D eigenvalue weighted by Gasteiger charge is -2.21. The molecule has 0 atom stereocenters. The van der Waals surface area contributed by atoms with Gasteiger partial charge < -0.3 is 10.4 Å². The van der Waals surface area contributed by atoms with Crippen molar-refractivity contribution in [3.05, 3.63) is 54.2 Å². The number of sulfonamides is 1. The van der Waals surface area contributed by atoms with E-state index in [1.165, 1.54) is 17.4 Å². The molecule has 0 aliphatic carbocycles. The number of aliphatic hydroxyl groups is 1. The van der Waals surface area contributed by atoms with Crippen LogP contribution in [0, 0.1) is 0 Å². The highest BCUT2D eigenvalue weighted by Crippen LogP contribution is 2.36. The van der Waals surface area contributed by atoms with E-state index in [-0.39, 0.29) is 11.5 Å². The number of benzene rings is 2. The number of nitrogens with one attached hydrogen (secondary N) is 2. The van der Waals surface area contributed by atoms with Crippen LogP contribution in [0.2, 0.25) is 0 Å². The van der Waals surface area contributed by atoms with Gasteiger partial charge in [0, 0.05) is 35.6 Å². The van der Waals surface area contributed by atoms with Crippen molar-refractivity contribution in [3.63, 3.8) is 0 Å². The number of aromatic nitrogens is 1. The molecule has 8 heteroatoms. The second kappa shape index (κ2) is 8.23. The summed E-state index contributed by atoms with van der Waals surface area (Å²) in [5, 5.41) is 13.4. The Balaban J connectivity index is 2.06. The third-order valence-corrected chi connectivity index (χ3v) is 7.03. The third-order valence-electron chi connectivity index (χ3n) is 4.15. The van der Waals surface area contributed by atoms with Crippen molar-refractivity contribution in [2.75, 3.05) is 12.4 Å². The first-order valence-electron chi connectivity index (χ1n) is 9.15. The minimum absolute atomic E-state index is 0.139. The lowest BCUT2D eigenvalue weighted by Crippen LogP contribution is -2.40. The standard InChI is InChI=1S/C21H25N3O3S2/c1-21(2,3)24-29(26,27)19-11-14(13-25)5-10-17(19)18-12-23-20(28-18)15-6-8-16(22-4)9-7-15/h5-12,22,24-25H,13H2,1-4H3. The lowest BCUT2D eigenvalue weighted by molar-refractivity contribution is 0.281. The van der Waals surface area contributed by atoms with Crippen molar-refractivity contribution in [2.24, 2.45) is 0 Å². The molecule has 0 amide bonds. The maximum atomic E-state index is 13.0. The third kappa shape index (κ3) is 5.02. The Morgan fingerprint density at radius 2 is 1.79 bits per heavy atom. The summed E-state index contributed by atoms with van der Waals surface area (Å²) in [6.45, 7) is 5.14. The van der Waals surface area contributed by atoms with Gasteiger partial charge in [0.15, 0.2) is 0 Å². The minimum Gasteiger partial charge on any atom is -0.392 e. The molecule has 0 aliphatic rings. The molecule has 0 radical (unpaired) electrons. The maximum absolute atomic E-state index is 13.0. The number of aliphatic hydroxyl groups excluding tert-OH is 1. The Kier molecular flexibility index (Phi) is 6.09. The molecule has 0 saturated heterocycles. The van der Waals surface area contributed by atoms with Crippen molar-refractivity contribution in [3.8, 4) is 21.0 Å². The molecule has 0 aliphatic heterocycles. The molecule has 0 unspecified atom stereocenters. The van der Waals surface area contributed by atoms with Gasteiger partial charge in [-0.25, -0.2) is 18.1 Å². The monoisotopic (exact) mass is 431 g/mol. The highest BCUT2D eigenvalue weighted by Gasteiger charge is 2.26. The van der Waals surface area contributed by atoms with Gasteiger partial charge in [-0.05, 0) is 56.7 Å². The highest BCUT2D eigenvalue weighted by atomic mass is 32.2. The summed E-state index contributed by atoms with van der Waals surface area (Å²) >= 11 is 1.43. The van der Waals surface area contributed by atoms with E-state index in [4.69, 9.17) is 0 Å². The first-order valence-corrected chi connectivity index (χ1v) is 11.4. The van der Waals surface area contributed by atoms with Crippen molar-refractivity contribution < 1.29 is 13.5 Å². The van der Waals surface area contributed by atoms with Crippen LogP contribution in [-0.4, -0.2) is 31.1 Å². The zero-order valence-electron chi connectivity index (χ0n) is 16.9.